The summed E-state index contributed by atoms with van der Waals surface area (Å²) in [5.74, 6) is 1.68. The molecule has 330 valence electrons. The Kier molecular flexibility index (Phi) is 9.55. The van der Waals surface area contributed by atoms with Crippen LogP contribution in [-0.2, 0) is 26.5 Å². The second-order valence-corrected chi connectivity index (χ2v) is 19.2. The zero-order valence-electron chi connectivity index (χ0n) is 38.5. The minimum Gasteiger partial charge on any atom is -0.656 e. The van der Waals surface area contributed by atoms with Crippen molar-refractivity contribution in [2.45, 2.75) is 47.0 Å². The number of nitrogens with zero attached hydrogens (tertiary/aromatic N) is 5. The molecule has 0 spiro atoms. The molecular formula is C61H45N5OPt. The topological polar surface area (TPSA) is 62.9 Å². The van der Waals surface area contributed by atoms with Crippen molar-refractivity contribution in [1.29, 1.82) is 0 Å². The van der Waals surface area contributed by atoms with Crippen molar-refractivity contribution in [1.82, 2.24) is 24.1 Å². The van der Waals surface area contributed by atoms with Gasteiger partial charge in [-0.15, -0.1) is 34.8 Å². The van der Waals surface area contributed by atoms with E-state index < -0.39 is 0 Å². The van der Waals surface area contributed by atoms with Crippen LogP contribution in [0, 0.1) is 26.8 Å². The number of pyridine rings is 1. The van der Waals surface area contributed by atoms with Gasteiger partial charge in [0.2, 0.25) is 0 Å². The van der Waals surface area contributed by atoms with Crippen LogP contribution in [0.1, 0.15) is 43.0 Å². The van der Waals surface area contributed by atoms with Crippen molar-refractivity contribution < 1.29 is 25.5 Å². The summed E-state index contributed by atoms with van der Waals surface area (Å²) in [6.07, 6.45) is 1.86. The number of benzene rings is 8. The van der Waals surface area contributed by atoms with E-state index in [2.05, 4.69) is 190 Å². The number of fused-ring (bicyclic) bond motifs is 11. The van der Waals surface area contributed by atoms with Gasteiger partial charge in [0.15, 0.2) is 0 Å². The van der Waals surface area contributed by atoms with Crippen LogP contribution in [0.15, 0.2) is 168 Å². The molecule has 6 nitrogen and oxygen atoms in total. The summed E-state index contributed by atoms with van der Waals surface area (Å²) in [4.78, 5) is 16.1. The molecule has 0 N–H and O–H groups in total. The van der Waals surface area contributed by atoms with Gasteiger partial charge in [0.25, 0.3) is 0 Å². The third-order valence-electron chi connectivity index (χ3n) is 13.7. The summed E-state index contributed by atoms with van der Waals surface area (Å²) >= 11 is 0. The summed E-state index contributed by atoms with van der Waals surface area (Å²) in [7, 11) is 0. The third kappa shape index (κ3) is 6.34. The maximum atomic E-state index is 6.42. The van der Waals surface area contributed by atoms with Crippen molar-refractivity contribution in [3.63, 3.8) is 0 Å². The molecule has 8 aromatic carbocycles. The van der Waals surface area contributed by atoms with Crippen molar-refractivity contribution >= 4 is 76.6 Å². The van der Waals surface area contributed by atoms with E-state index in [9.17, 15) is 0 Å². The van der Waals surface area contributed by atoms with Gasteiger partial charge in [-0.3, -0.25) is 4.57 Å². The number of aryl methyl sites for hydroxylation is 3. The third-order valence-corrected chi connectivity index (χ3v) is 13.7. The van der Waals surface area contributed by atoms with Crippen molar-refractivity contribution in [2.75, 3.05) is 0 Å². The molecule has 0 unspecified atom stereocenters. The number of rotatable bonds is 5. The van der Waals surface area contributed by atoms with Gasteiger partial charge in [-0.1, -0.05) is 128 Å². The average molecular weight is 1060 g/mol. The summed E-state index contributed by atoms with van der Waals surface area (Å²) in [6.45, 7) is 13.4. The van der Waals surface area contributed by atoms with Crippen LogP contribution in [0.25, 0.3) is 122 Å². The summed E-state index contributed by atoms with van der Waals surface area (Å²) in [5.41, 5.74) is 18.8. The quantitative estimate of drug-likeness (QED) is 0.161. The normalized spacial score (nSPS) is 12.1. The fourth-order valence-electron chi connectivity index (χ4n) is 10.8. The van der Waals surface area contributed by atoms with Gasteiger partial charge in [0.05, 0.1) is 11.0 Å². The summed E-state index contributed by atoms with van der Waals surface area (Å²) in [6, 6.07) is 60.1. The average Bonchev–Trinajstić information content (AvgIpc) is 4.10. The predicted molar refractivity (Wildman–Crippen MR) is 277 cm³/mol. The molecule has 0 aliphatic carbocycles. The number of hydrogen-bond acceptors (Lipinski definition) is 3. The van der Waals surface area contributed by atoms with Gasteiger partial charge >= 0.3 is 21.1 Å². The Labute approximate surface area is 408 Å². The number of imidazole rings is 1. The predicted octanol–water partition coefficient (Wildman–Crippen LogP) is 15.7. The summed E-state index contributed by atoms with van der Waals surface area (Å²) < 4.78 is 11.0. The first kappa shape index (κ1) is 41.9. The van der Waals surface area contributed by atoms with Gasteiger partial charge < -0.3 is 14.0 Å². The molecule has 0 saturated carbocycles. The van der Waals surface area contributed by atoms with Crippen LogP contribution in [0.4, 0.5) is 0 Å². The monoisotopic (exact) mass is 1060 g/mol. The van der Waals surface area contributed by atoms with Gasteiger partial charge in [-0.2, -0.15) is 0 Å². The van der Waals surface area contributed by atoms with E-state index in [0.29, 0.717) is 0 Å². The number of aromatic nitrogens is 5. The van der Waals surface area contributed by atoms with Crippen LogP contribution in [0.5, 0.6) is 0 Å². The minimum atomic E-state index is -0.164. The molecule has 0 radical (unpaired) electrons. The molecule has 0 saturated heterocycles. The van der Waals surface area contributed by atoms with Crippen LogP contribution >= 0.6 is 0 Å². The molecular weight excluding hydrogens is 1010 g/mol. The fourth-order valence-corrected chi connectivity index (χ4v) is 10.8. The van der Waals surface area contributed by atoms with E-state index in [4.69, 9.17) is 19.4 Å². The van der Waals surface area contributed by atoms with Gasteiger partial charge in [-0.25, -0.2) is 9.97 Å². The van der Waals surface area contributed by atoms with Crippen LogP contribution in [-0.4, -0.2) is 19.1 Å². The minimum absolute atomic E-state index is 0. The van der Waals surface area contributed by atoms with E-state index in [1.54, 1.807) is 0 Å². The Morgan fingerprint density at radius 3 is 2.19 bits per heavy atom. The second kappa shape index (κ2) is 15.5. The largest absolute Gasteiger partial charge is 2.00 e. The first-order valence-electron chi connectivity index (χ1n) is 23.0. The Morgan fingerprint density at radius 2 is 1.40 bits per heavy atom. The molecule has 0 amide bonds. The second-order valence-electron chi connectivity index (χ2n) is 19.2. The smallest absolute Gasteiger partial charge is 0.656 e. The molecule has 7 heteroatoms. The zero-order valence-corrected chi connectivity index (χ0v) is 40.8. The molecule has 0 aliphatic heterocycles. The Hall–Kier alpha value is -7.53. The summed E-state index contributed by atoms with van der Waals surface area (Å²) in [5, 5.41) is 6.66. The Morgan fingerprint density at radius 1 is 0.603 bits per heavy atom. The molecule has 0 fully saturated rings. The molecule has 0 atom stereocenters. The molecule has 13 rings (SSSR count). The fraction of sp³-hybridized carbons (Fsp3) is 0.115. The molecule has 5 aromatic heterocycles. The van der Waals surface area contributed by atoms with Crippen molar-refractivity contribution in [3.05, 3.63) is 192 Å². The maximum Gasteiger partial charge on any atom is 2.00 e. The standard InChI is InChI=1S/C61H45N5O.Pt/c1-35-29-36(2)55(37(3)30-35)39-23-26-49-45(31-39)43-24-22-38(32-51(43)66(49)54-21-12-13-28-62-54)42-18-14-19-50-59(42)64-60(65(50)41-15-8-7-9-16-41)47-34-40(61(4,5)6)33-46-56-48(63-58(46)47)25-27-53-57(56)44-17-10-11-20-52(44)67-53;/h7-31,33-34H,1-6H3;/q-2;+2. The number of para-hydroxylation sites is 3. The van der Waals surface area contributed by atoms with E-state index in [-0.39, 0.29) is 26.5 Å². The van der Waals surface area contributed by atoms with Gasteiger partial charge in [0, 0.05) is 33.7 Å². The Balaban J connectivity index is 0.00000480. The molecule has 0 bridgehead atoms. The van der Waals surface area contributed by atoms with E-state index in [1.807, 2.05) is 30.5 Å². The van der Waals surface area contributed by atoms with Crippen molar-refractivity contribution in [2.24, 2.45) is 0 Å². The van der Waals surface area contributed by atoms with E-state index >= 15 is 0 Å². The molecule has 13 aromatic rings. The first-order valence-corrected chi connectivity index (χ1v) is 23.0. The van der Waals surface area contributed by atoms with Crippen LogP contribution < -0.4 is 4.98 Å². The van der Waals surface area contributed by atoms with Gasteiger partial charge in [-0.05, 0) is 130 Å². The SMILES string of the molecule is Cc1cc(C)c(-c2ccc3c(c2)c2ccc(-c4cccc5c4nc(-c4cc(C(C)(C)C)cc6c4[n-]c4ccc7oc8ccccc8c7c46)n5-c4ccccc4)[c-]c2n3-c2ccccn2)c(C)c1.[Pt+2]. The van der Waals surface area contributed by atoms with Crippen molar-refractivity contribution in [3.8, 4) is 45.1 Å². The number of hydrogen-bond donors (Lipinski definition) is 0. The first-order chi connectivity index (χ1) is 32.6. The van der Waals surface area contributed by atoms with Crippen LogP contribution in [0.3, 0.4) is 0 Å². The number of furan rings is 1. The Bertz CT molecular complexity index is 4140. The van der Waals surface area contributed by atoms with E-state index in [0.717, 1.165) is 111 Å². The molecule has 0 aliphatic rings. The molecule has 68 heavy (non-hydrogen) atoms. The zero-order chi connectivity index (χ0) is 45.3. The molecule has 5 heterocycles. The maximum absolute atomic E-state index is 6.42. The van der Waals surface area contributed by atoms with Crippen LogP contribution in [0.2, 0.25) is 0 Å². The van der Waals surface area contributed by atoms with Gasteiger partial charge in [0.1, 0.15) is 22.8 Å². The van der Waals surface area contributed by atoms with E-state index in [1.165, 1.54) is 33.4 Å².